The molecule has 0 saturated carbocycles. The maximum atomic E-state index is 5.76. The number of rotatable bonds is 4. The summed E-state index contributed by atoms with van der Waals surface area (Å²) in [6.45, 7) is 4.17. The molecule has 0 N–H and O–H groups in total. The Bertz CT molecular complexity index is 910. The van der Waals surface area contributed by atoms with Crippen LogP contribution in [0, 0.1) is 13.8 Å². The van der Waals surface area contributed by atoms with E-state index in [0.29, 0.717) is 16.9 Å². The summed E-state index contributed by atoms with van der Waals surface area (Å²) in [5, 5.41) is 9.76. The Morgan fingerprint density at radius 3 is 2.75 bits per heavy atom. The molecule has 124 valence electrons. The van der Waals surface area contributed by atoms with Gasteiger partial charge >= 0.3 is 0 Å². The maximum Gasteiger partial charge on any atom is 0.277 e. The lowest BCUT2D eigenvalue weighted by atomic mass is 10.2. The van der Waals surface area contributed by atoms with E-state index in [0.717, 1.165) is 37.1 Å². The van der Waals surface area contributed by atoms with Gasteiger partial charge in [0, 0.05) is 10.2 Å². The van der Waals surface area contributed by atoms with Crippen LogP contribution in [0.3, 0.4) is 0 Å². The van der Waals surface area contributed by atoms with Gasteiger partial charge in [-0.2, -0.15) is 0 Å². The van der Waals surface area contributed by atoms with Crippen molar-refractivity contribution in [2.45, 2.75) is 24.8 Å². The zero-order chi connectivity index (χ0) is 16.7. The second kappa shape index (κ2) is 6.38. The van der Waals surface area contributed by atoms with E-state index < -0.39 is 0 Å². The van der Waals surface area contributed by atoms with E-state index in [1.54, 1.807) is 11.3 Å². The van der Waals surface area contributed by atoms with Crippen molar-refractivity contribution in [1.82, 2.24) is 15.2 Å². The molecule has 0 fully saturated rings. The molecule has 3 heterocycles. The van der Waals surface area contributed by atoms with Crippen LogP contribution < -0.4 is 9.47 Å². The summed E-state index contributed by atoms with van der Waals surface area (Å²) in [6, 6.07) is 3.88. The number of benzene rings is 1. The fourth-order valence-corrected chi connectivity index (χ4v) is 4.54. The van der Waals surface area contributed by atoms with Gasteiger partial charge in [-0.3, -0.25) is 0 Å². The summed E-state index contributed by atoms with van der Waals surface area (Å²) in [4.78, 5) is 5.31. The van der Waals surface area contributed by atoms with Gasteiger partial charge in [0.25, 0.3) is 11.1 Å². The average Bonchev–Trinajstić information content (AvgIpc) is 3.24. The first-order valence-corrected chi connectivity index (χ1v) is 9.68. The van der Waals surface area contributed by atoms with Crippen molar-refractivity contribution >= 4 is 39.0 Å². The Hall–Kier alpha value is -1.58. The number of aryl methyl sites for hydroxylation is 2. The number of halogens is 1. The first kappa shape index (κ1) is 15.9. The highest BCUT2D eigenvalue weighted by Gasteiger charge is 2.18. The Labute approximate surface area is 154 Å². The first-order chi connectivity index (χ1) is 11.6. The Morgan fingerprint density at radius 2 is 2.00 bits per heavy atom. The monoisotopic (exact) mass is 425 g/mol. The molecule has 24 heavy (non-hydrogen) atoms. The van der Waals surface area contributed by atoms with Crippen molar-refractivity contribution in [2.75, 3.05) is 6.79 Å². The molecule has 0 bridgehead atoms. The van der Waals surface area contributed by atoms with Gasteiger partial charge in [0.1, 0.15) is 4.88 Å². The number of thioether (sulfide) groups is 1. The van der Waals surface area contributed by atoms with Crippen molar-refractivity contribution in [3.8, 4) is 22.3 Å². The number of hydrogen-bond acceptors (Lipinski definition) is 8. The van der Waals surface area contributed by atoms with Crippen LogP contribution in [0.25, 0.3) is 10.8 Å². The highest BCUT2D eigenvalue weighted by molar-refractivity contribution is 9.10. The van der Waals surface area contributed by atoms with Gasteiger partial charge in [-0.15, -0.1) is 21.5 Å². The van der Waals surface area contributed by atoms with Crippen LogP contribution in [0.1, 0.15) is 16.3 Å². The molecule has 1 aromatic carbocycles. The predicted octanol–water partition coefficient (Wildman–Crippen LogP) is 4.59. The van der Waals surface area contributed by atoms with Gasteiger partial charge in [-0.1, -0.05) is 27.7 Å². The third-order valence-electron chi connectivity index (χ3n) is 3.40. The summed E-state index contributed by atoms with van der Waals surface area (Å²) >= 11 is 6.59. The third-order valence-corrected chi connectivity index (χ3v) is 6.06. The van der Waals surface area contributed by atoms with Gasteiger partial charge in [-0.25, -0.2) is 4.98 Å². The normalized spacial score (nSPS) is 12.8. The van der Waals surface area contributed by atoms with E-state index in [1.807, 2.05) is 26.0 Å². The van der Waals surface area contributed by atoms with Crippen molar-refractivity contribution in [1.29, 1.82) is 0 Å². The molecule has 2 aromatic heterocycles. The molecule has 0 amide bonds. The van der Waals surface area contributed by atoms with Gasteiger partial charge in [0.15, 0.2) is 11.5 Å². The lowest BCUT2D eigenvalue weighted by Crippen LogP contribution is -1.92. The molecule has 9 heteroatoms. The molecule has 6 nitrogen and oxygen atoms in total. The first-order valence-electron chi connectivity index (χ1n) is 7.09. The summed E-state index contributed by atoms with van der Waals surface area (Å²) in [5.74, 6) is 2.72. The number of aromatic nitrogens is 3. The summed E-state index contributed by atoms with van der Waals surface area (Å²) < 4.78 is 17.5. The topological polar surface area (TPSA) is 70.3 Å². The minimum atomic E-state index is 0.263. The van der Waals surface area contributed by atoms with Crippen LogP contribution in [0.5, 0.6) is 11.5 Å². The van der Waals surface area contributed by atoms with Gasteiger partial charge in [0.05, 0.1) is 10.7 Å². The Balaban J connectivity index is 1.50. The van der Waals surface area contributed by atoms with Crippen LogP contribution >= 0.6 is 39.0 Å². The Kier molecular flexibility index (Phi) is 4.23. The maximum absolute atomic E-state index is 5.76. The average molecular weight is 426 g/mol. The van der Waals surface area contributed by atoms with E-state index in [1.165, 1.54) is 11.8 Å². The molecule has 0 unspecified atom stereocenters. The van der Waals surface area contributed by atoms with Crippen molar-refractivity contribution in [3.05, 3.63) is 32.9 Å². The molecule has 0 aliphatic carbocycles. The SMILES string of the molecule is Cc1nc(C)c(-c2nnc(SCc3cc4c(cc3Br)OCO4)o2)s1. The van der Waals surface area contributed by atoms with E-state index in [-0.39, 0.29) is 6.79 Å². The fraction of sp³-hybridized carbons (Fsp3) is 0.267. The molecule has 0 saturated heterocycles. The molecule has 1 aliphatic heterocycles. The summed E-state index contributed by atoms with van der Waals surface area (Å²) in [7, 11) is 0. The van der Waals surface area contributed by atoms with Crippen LogP contribution in [0.15, 0.2) is 26.2 Å². The highest BCUT2D eigenvalue weighted by Crippen LogP contribution is 2.39. The highest BCUT2D eigenvalue weighted by atomic mass is 79.9. The minimum absolute atomic E-state index is 0.263. The fourth-order valence-electron chi connectivity index (χ4n) is 2.30. The van der Waals surface area contributed by atoms with Crippen molar-refractivity contribution in [2.24, 2.45) is 0 Å². The van der Waals surface area contributed by atoms with Crippen molar-refractivity contribution in [3.63, 3.8) is 0 Å². The van der Waals surface area contributed by atoms with Crippen LogP contribution in [-0.2, 0) is 5.75 Å². The number of thiazole rings is 1. The number of nitrogens with zero attached hydrogens (tertiary/aromatic N) is 3. The molecule has 4 rings (SSSR count). The van der Waals surface area contributed by atoms with E-state index in [9.17, 15) is 0 Å². The van der Waals surface area contributed by atoms with Crippen molar-refractivity contribution < 1.29 is 13.9 Å². The molecule has 1 aliphatic rings. The smallest absolute Gasteiger partial charge is 0.277 e. The van der Waals surface area contributed by atoms with E-state index >= 15 is 0 Å². The predicted molar refractivity (Wildman–Crippen MR) is 94.7 cm³/mol. The minimum Gasteiger partial charge on any atom is -0.454 e. The molecular weight excluding hydrogens is 414 g/mol. The molecule has 3 aromatic rings. The quantitative estimate of drug-likeness (QED) is 0.565. The lowest BCUT2D eigenvalue weighted by Gasteiger charge is -2.04. The zero-order valence-corrected chi connectivity index (χ0v) is 16.0. The number of hydrogen-bond donors (Lipinski definition) is 0. The van der Waals surface area contributed by atoms with E-state index in [4.69, 9.17) is 13.9 Å². The van der Waals surface area contributed by atoms with Gasteiger partial charge in [-0.05, 0) is 31.5 Å². The third kappa shape index (κ3) is 3.03. The number of ether oxygens (including phenoxy) is 2. The van der Waals surface area contributed by atoms with Crippen LogP contribution in [0.2, 0.25) is 0 Å². The second-order valence-electron chi connectivity index (χ2n) is 5.11. The largest absolute Gasteiger partial charge is 0.454 e. The summed E-state index contributed by atoms with van der Waals surface area (Å²) in [6.07, 6.45) is 0. The van der Waals surface area contributed by atoms with Gasteiger partial charge in [0.2, 0.25) is 6.79 Å². The molecule has 0 spiro atoms. The molecular formula is C15H12BrN3O3S2. The molecule has 0 atom stereocenters. The summed E-state index contributed by atoms with van der Waals surface area (Å²) in [5.41, 5.74) is 1.99. The number of fused-ring (bicyclic) bond motifs is 1. The standard InChI is InChI=1S/C15H12BrN3O3S2/c1-7-13(24-8(2)17-7)14-18-19-15(22-14)23-5-9-3-11-12(4-10(9)16)21-6-20-11/h3-4H,5-6H2,1-2H3. The van der Waals surface area contributed by atoms with E-state index in [2.05, 4.69) is 31.1 Å². The zero-order valence-electron chi connectivity index (χ0n) is 12.8. The van der Waals surface area contributed by atoms with Crippen LogP contribution in [-0.4, -0.2) is 22.0 Å². The lowest BCUT2D eigenvalue weighted by molar-refractivity contribution is 0.174. The van der Waals surface area contributed by atoms with Crippen LogP contribution in [0.4, 0.5) is 0 Å². The second-order valence-corrected chi connectivity index (χ2v) is 8.09. The molecule has 0 radical (unpaired) electrons. The van der Waals surface area contributed by atoms with Gasteiger partial charge < -0.3 is 13.9 Å². The Morgan fingerprint density at radius 1 is 1.21 bits per heavy atom.